The van der Waals surface area contributed by atoms with Crippen molar-refractivity contribution in [2.24, 2.45) is 10.9 Å². The van der Waals surface area contributed by atoms with Gasteiger partial charge in [0.05, 0.1) is 0 Å². The summed E-state index contributed by atoms with van der Waals surface area (Å²) in [6.45, 7) is 10.7. The molecule has 1 fully saturated rings. The van der Waals surface area contributed by atoms with Crippen LogP contribution in [0.25, 0.3) is 0 Å². The molecule has 1 unspecified atom stereocenters. The second-order valence-electron chi connectivity index (χ2n) is 7.89. The zero-order valence-corrected chi connectivity index (χ0v) is 20.8. The lowest BCUT2D eigenvalue weighted by molar-refractivity contribution is -0.133. The average Bonchev–Trinajstić information content (AvgIpc) is 3.06. The lowest BCUT2D eigenvalue weighted by atomic mass is 9.85. The first kappa shape index (κ1) is 24.2. The molecule has 1 amide bonds. The van der Waals surface area contributed by atoms with Crippen LogP contribution >= 0.6 is 39.9 Å². The van der Waals surface area contributed by atoms with E-state index in [1.54, 1.807) is 7.05 Å². The molecule has 1 aromatic carbocycles. The number of amides is 1. The zero-order chi connectivity index (χ0) is 19.3. The van der Waals surface area contributed by atoms with Gasteiger partial charge in [0.2, 0.25) is 5.91 Å². The highest BCUT2D eigenvalue weighted by Gasteiger charge is 2.28. The van der Waals surface area contributed by atoms with Gasteiger partial charge in [0.15, 0.2) is 5.96 Å². The number of carbonyl (C=O) groups excluding carboxylic acids is 1. The smallest absolute Gasteiger partial charge is 0.225 e. The van der Waals surface area contributed by atoms with Crippen molar-refractivity contribution in [1.82, 2.24) is 15.5 Å². The average molecular weight is 551 g/mol. The van der Waals surface area contributed by atoms with Crippen LogP contribution < -0.4 is 10.6 Å². The van der Waals surface area contributed by atoms with Crippen LogP contribution in [-0.4, -0.2) is 49.5 Å². The highest BCUT2D eigenvalue weighted by atomic mass is 127. The maximum absolute atomic E-state index is 12.1. The SMILES string of the molecule is CN=C(NCC(C)(C)c1ccc(Br)cc1)NC1CCN(C(=O)C(C)C)C1.I. The molecule has 2 rings (SSSR count). The molecule has 7 heteroatoms. The Morgan fingerprint density at radius 1 is 1.33 bits per heavy atom. The summed E-state index contributed by atoms with van der Waals surface area (Å²) in [4.78, 5) is 18.4. The quantitative estimate of drug-likeness (QED) is 0.333. The van der Waals surface area contributed by atoms with Crippen molar-refractivity contribution in [3.63, 3.8) is 0 Å². The van der Waals surface area contributed by atoms with Crippen LogP contribution in [0, 0.1) is 5.92 Å². The first-order chi connectivity index (χ1) is 12.2. The summed E-state index contributed by atoms with van der Waals surface area (Å²) in [5.41, 5.74) is 1.26. The van der Waals surface area contributed by atoms with Crippen LogP contribution in [0.1, 0.15) is 39.7 Å². The minimum Gasteiger partial charge on any atom is -0.356 e. The molecular weight excluding hydrogens is 519 g/mol. The lowest BCUT2D eigenvalue weighted by Gasteiger charge is -2.27. The molecule has 27 heavy (non-hydrogen) atoms. The van der Waals surface area contributed by atoms with E-state index in [2.05, 4.69) is 69.7 Å². The summed E-state index contributed by atoms with van der Waals surface area (Å²) in [6.07, 6.45) is 0.954. The second-order valence-corrected chi connectivity index (χ2v) is 8.80. The Morgan fingerprint density at radius 2 is 1.96 bits per heavy atom. The molecule has 0 spiro atoms. The highest BCUT2D eigenvalue weighted by molar-refractivity contribution is 14.0. The van der Waals surface area contributed by atoms with E-state index in [9.17, 15) is 4.79 Å². The standard InChI is InChI=1S/C20H31BrN4O.HI/c1-14(2)18(26)25-11-10-17(12-25)24-19(22-5)23-13-20(3,4)15-6-8-16(21)9-7-15;/h6-9,14,17H,10-13H2,1-5H3,(H2,22,23,24);1H. The van der Waals surface area contributed by atoms with E-state index in [1.807, 2.05) is 18.7 Å². The third-order valence-electron chi connectivity index (χ3n) is 4.88. The number of nitrogens with zero attached hydrogens (tertiary/aromatic N) is 2. The fraction of sp³-hybridized carbons (Fsp3) is 0.600. The van der Waals surface area contributed by atoms with Crippen LogP contribution in [0.2, 0.25) is 0 Å². The van der Waals surface area contributed by atoms with Gasteiger partial charge in [0, 0.05) is 48.5 Å². The third-order valence-corrected chi connectivity index (χ3v) is 5.41. The van der Waals surface area contributed by atoms with Crippen molar-refractivity contribution in [3.8, 4) is 0 Å². The normalized spacial score (nSPS) is 17.7. The lowest BCUT2D eigenvalue weighted by Crippen LogP contribution is -2.48. The van der Waals surface area contributed by atoms with E-state index in [4.69, 9.17) is 0 Å². The van der Waals surface area contributed by atoms with Crippen molar-refractivity contribution < 1.29 is 4.79 Å². The molecule has 2 N–H and O–H groups in total. The zero-order valence-electron chi connectivity index (χ0n) is 16.9. The summed E-state index contributed by atoms with van der Waals surface area (Å²) in [5, 5.41) is 6.90. The third kappa shape index (κ3) is 6.93. The predicted molar refractivity (Wildman–Crippen MR) is 127 cm³/mol. The molecule has 5 nitrogen and oxygen atoms in total. The molecule has 0 radical (unpaired) electrons. The second kappa shape index (κ2) is 10.6. The van der Waals surface area contributed by atoms with Gasteiger partial charge in [-0.25, -0.2) is 0 Å². The van der Waals surface area contributed by atoms with Gasteiger partial charge in [-0.05, 0) is 24.1 Å². The van der Waals surface area contributed by atoms with E-state index in [-0.39, 0.29) is 47.3 Å². The largest absolute Gasteiger partial charge is 0.356 e. The molecule has 0 aliphatic carbocycles. The van der Waals surface area contributed by atoms with Crippen molar-refractivity contribution in [2.75, 3.05) is 26.7 Å². The molecule has 1 atom stereocenters. The summed E-state index contributed by atoms with van der Waals surface area (Å²) in [5.74, 6) is 1.07. The predicted octanol–water partition coefficient (Wildman–Crippen LogP) is 3.77. The molecule has 0 saturated carbocycles. The molecule has 0 bridgehead atoms. The van der Waals surface area contributed by atoms with Gasteiger partial charge in [0.25, 0.3) is 0 Å². The molecule has 0 aromatic heterocycles. The van der Waals surface area contributed by atoms with Gasteiger partial charge in [0.1, 0.15) is 0 Å². The number of benzene rings is 1. The Labute approximate surface area is 188 Å². The van der Waals surface area contributed by atoms with Gasteiger partial charge >= 0.3 is 0 Å². The Bertz CT molecular complexity index is 646. The van der Waals surface area contributed by atoms with E-state index in [0.29, 0.717) is 0 Å². The maximum atomic E-state index is 12.1. The van der Waals surface area contributed by atoms with Crippen molar-refractivity contribution >= 4 is 51.8 Å². The minimum absolute atomic E-state index is 0. The van der Waals surface area contributed by atoms with Gasteiger partial charge in [-0.3, -0.25) is 9.79 Å². The monoisotopic (exact) mass is 550 g/mol. The minimum atomic E-state index is -0.0202. The molecule has 1 saturated heterocycles. The van der Waals surface area contributed by atoms with Crippen LogP contribution in [0.15, 0.2) is 33.7 Å². The maximum Gasteiger partial charge on any atom is 0.225 e. The number of hydrogen-bond acceptors (Lipinski definition) is 2. The fourth-order valence-corrected chi connectivity index (χ4v) is 3.40. The van der Waals surface area contributed by atoms with E-state index < -0.39 is 0 Å². The van der Waals surface area contributed by atoms with Gasteiger partial charge in [-0.15, -0.1) is 24.0 Å². The van der Waals surface area contributed by atoms with E-state index in [0.717, 1.165) is 36.5 Å². The van der Waals surface area contributed by atoms with Gasteiger partial charge in [-0.1, -0.05) is 55.8 Å². The Kier molecular flexibility index (Phi) is 9.54. The van der Waals surface area contributed by atoms with E-state index >= 15 is 0 Å². The number of carbonyl (C=O) groups is 1. The van der Waals surface area contributed by atoms with Gasteiger partial charge in [-0.2, -0.15) is 0 Å². The van der Waals surface area contributed by atoms with Crippen molar-refractivity contribution in [2.45, 2.75) is 45.6 Å². The highest BCUT2D eigenvalue weighted by Crippen LogP contribution is 2.24. The van der Waals surface area contributed by atoms with Crippen molar-refractivity contribution in [1.29, 1.82) is 0 Å². The number of guanidine groups is 1. The fourth-order valence-electron chi connectivity index (χ4n) is 3.14. The molecule has 1 aromatic rings. The van der Waals surface area contributed by atoms with Gasteiger partial charge < -0.3 is 15.5 Å². The number of hydrogen-bond donors (Lipinski definition) is 2. The summed E-state index contributed by atoms with van der Waals surface area (Å²) in [6, 6.07) is 8.69. The summed E-state index contributed by atoms with van der Waals surface area (Å²) >= 11 is 3.49. The van der Waals surface area contributed by atoms with Crippen molar-refractivity contribution in [3.05, 3.63) is 34.3 Å². The Hall–Kier alpha value is -0.830. The van der Waals surface area contributed by atoms with Crippen LogP contribution in [-0.2, 0) is 10.2 Å². The Morgan fingerprint density at radius 3 is 2.52 bits per heavy atom. The first-order valence-corrected chi connectivity index (χ1v) is 10.0. The number of aliphatic imine (C=N–C) groups is 1. The topological polar surface area (TPSA) is 56.7 Å². The first-order valence-electron chi connectivity index (χ1n) is 9.25. The molecule has 152 valence electrons. The van der Waals surface area contributed by atoms with Crippen LogP contribution in [0.5, 0.6) is 0 Å². The summed E-state index contributed by atoms with van der Waals surface area (Å²) in [7, 11) is 1.79. The Balaban J connectivity index is 0.00000364. The molecule has 1 aliphatic rings. The summed E-state index contributed by atoms with van der Waals surface area (Å²) < 4.78 is 1.09. The number of halogens is 2. The number of nitrogens with one attached hydrogen (secondary N) is 2. The molecule has 1 aliphatic heterocycles. The van der Waals surface area contributed by atoms with E-state index in [1.165, 1.54) is 5.56 Å². The van der Waals surface area contributed by atoms with Crippen LogP contribution in [0.3, 0.4) is 0 Å². The number of likely N-dealkylation sites (tertiary alicyclic amines) is 1. The van der Waals surface area contributed by atoms with Crippen LogP contribution in [0.4, 0.5) is 0 Å². The molecular formula is C20H32BrIN4O. The molecule has 1 heterocycles. The number of rotatable bonds is 5.